The molecule has 0 spiro atoms. The molecule has 0 bridgehead atoms. The van der Waals surface area contributed by atoms with Crippen molar-refractivity contribution >= 4 is 24.2 Å². The first-order valence-corrected chi connectivity index (χ1v) is 3.38. The van der Waals surface area contributed by atoms with E-state index < -0.39 is 0 Å². The van der Waals surface area contributed by atoms with Gasteiger partial charge in [-0.25, -0.2) is 0 Å². The van der Waals surface area contributed by atoms with E-state index in [2.05, 4.69) is 29.1 Å². The van der Waals surface area contributed by atoms with Gasteiger partial charge in [-0.1, -0.05) is 4.49 Å². The summed E-state index contributed by atoms with van der Waals surface area (Å²) in [6.07, 6.45) is 1.68. The van der Waals surface area contributed by atoms with E-state index in [1.807, 2.05) is 0 Å². The maximum absolute atomic E-state index is 4.07. The van der Waals surface area contributed by atoms with Crippen molar-refractivity contribution in [3.05, 3.63) is 18.0 Å². The number of hydrogen-bond acceptors (Lipinski definition) is 4. The summed E-state index contributed by atoms with van der Waals surface area (Å²) in [5.74, 6) is 0. The van der Waals surface area contributed by atoms with Crippen molar-refractivity contribution in [1.29, 1.82) is 0 Å². The highest BCUT2D eigenvalue weighted by molar-refractivity contribution is 7.80. The summed E-state index contributed by atoms with van der Waals surface area (Å²) in [4.78, 5) is 1.01. The van der Waals surface area contributed by atoms with Crippen molar-refractivity contribution in [3.63, 3.8) is 0 Å². The van der Waals surface area contributed by atoms with Crippen LogP contribution in [0.3, 0.4) is 0 Å². The van der Waals surface area contributed by atoms with Gasteiger partial charge < -0.3 is 0 Å². The van der Waals surface area contributed by atoms with Gasteiger partial charge in [-0.3, -0.25) is 0 Å². The van der Waals surface area contributed by atoms with Gasteiger partial charge in [0.2, 0.25) is 0 Å². The largest absolute Gasteiger partial charge is 0.170 e. The molecule has 0 amide bonds. The van der Waals surface area contributed by atoms with Crippen LogP contribution < -0.4 is 0 Å². The summed E-state index contributed by atoms with van der Waals surface area (Å²) < 4.78 is 3.65. The summed E-state index contributed by atoms with van der Waals surface area (Å²) in [5.41, 5.74) is 0. The summed E-state index contributed by atoms with van der Waals surface area (Å²) in [6, 6.07) is 0. The zero-order chi connectivity index (χ0) is 5.98. The Morgan fingerprint density at radius 1 is 1.88 bits per heavy atom. The van der Waals surface area contributed by atoms with Crippen LogP contribution in [0.15, 0.2) is 6.20 Å². The van der Waals surface area contributed by atoms with E-state index >= 15 is 0 Å². The van der Waals surface area contributed by atoms with Gasteiger partial charge in [0.1, 0.15) is 0 Å². The fourth-order valence-electron chi connectivity index (χ4n) is 0.322. The average Bonchev–Trinajstić information content (AvgIpc) is 2.12. The average molecular weight is 145 g/mol. The van der Waals surface area contributed by atoms with Crippen LogP contribution in [0.4, 0.5) is 0 Å². The molecule has 1 atom stereocenters. The summed E-state index contributed by atoms with van der Waals surface area (Å²) >= 11 is 5.40. The van der Waals surface area contributed by atoms with Crippen LogP contribution in [0.1, 0.15) is 10.1 Å². The third-order valence-electron chi connectivity index (χ3n) is 0.707. The van der Waals surface area contributed by atoms with E-state index in [1.54, 1.807) is 6.20 Å². The molecular weight excluding hydrogens is 140 g/mol. The minimum Gasteiger partial charge on any atom is -0.170 e. The fourth-order valence-corrected chi connectivity index (χ4v) is 0.934. The Morgan fingerprint density at radius 3 is 2.88 bits per heavy atom. The maximum Gasteiger partial charge on any atom is 0.0664 e. The number of aromatic nitrogens is 2. The molecule has 0 N–H and O–H groups in total. The van der Waals surface area contributed by atoms with Gasteiger partial charge in [0.25, 0.3) is 0 Å². The van der Waals surface area contributed by atoms with Gasteiger partial charge >= 0.3 is 0 Å². The van der Waals surface area contributed by atoms with Crippen LogP contribution in [0, 0.1) is 6.92 Å². The van der Waals surface area contributed by atoms with E-state index in [-0.39, 0.29) is 5.25 Å². The van der Waals surface area contributed by atoms with Crippen molar-refractivity contribution in [3.8, 4) is 0 Å². The Bertz CT molecular complexity index is 147. The first kappa shape index (κ1) is 6.04. The van der Waals surface area contributed by atoms with E-state index in [0.29, 0.717) is 0 Å². The lowest BCUT2D eigenvalue weighted by molar-refractivity contribution is 1.14. The molecule has 0 saturated carbocycles. The molecule has 8 heavy (non-hydrogen) atoms. The number of thiol groups is 1. The van der Waals surface area contributed by atoms with E-state index in [1.165, 1.54) is 11.5 Å². The van der Waals surface area contributed by atoms with Crippen LogP contribution in [0.2, 0.25) is 0 Å². The molecule has 1 radical (unpaired) electrons. The SMILES string of the molecule is [CH2]C(S)c1cnns1. The minimum atomic E-state index is 0.0231. The predicted octanol–water partition coefficient (Wildman–Crippen LogP) is 1.34. The van der Waals surface area contributed by atoms with Crippen LogP contribution in [-0.4, -0.2) is 9.59 Å². The van der Waals surface area contributed by atoms with Crippen LogP contribution >= 0.6 is 24.2 Å². The van der Waals surface area contributed by atoms with Crippen molar-refractivity contribution in [1.82, 2.24) is 9.59 Å². The summed E-state index contributed by atoms with van der Waals surface area (Å²) in [6.45, 7) is 3.68. The molecule has 1 unspecified atom stereocenters. The molecule has 0 aliphatic rings. The topological polar surface area (TPSA) is 25.8 Å². The molecule has 0 saturated heterocycles. The second-order valence-electron chi connectivity index (χ2n) is 1.34. The highest BCUT2D eigenvalue weighted by Crippen LogP contribution is 2.19. The Labute approximate surface area is 57.5 Å². The molecule has 0 aliphatic heterocycles. The van der Waals surface area contributed by atoms with E-state index in [0.717, 1.165) is 4.88 Å². The summed E-state index contributed by atoms with van der Waals surface area (Å²) in [5, 5.41) is 3.65. The monoisotopic (exact) mass is 145 g/mol. The van der Waals surface area contributed by atoms with Crippen LogP contribution in [-0.2, 0) is 0 Å². The van der Waals surface area contributed by atoms with E-state index in [9.17, 15) is 0 Å². The molecule has 4 heteroatoms. The second-order valence-corrected chi connectivity index (χ2v) is 2.78. The molecule has 1 heterocycles. The Kier molecular flexibility index (Phi) is 1.85. The number of hydrogen-bond donors (Lipinski definition) is 1. The molecular formula is C4H5N2S2. The van der Waals surface area contributed by atoms with Gasteiger partial charge in [0.05, 0.1) is 11.1 Å². The third-order valence-corrected chi connectivity index (χ3v) is 1.94. The molecule has 1 aromatic heterocycles. The van der Waals surface area contributed by atoms with Crippen LogP contribution in [0.5, 0.6) is 0 Å². The standard InChI is InChI=1S/C4H5N2S2/c1-3(7)4-2-5-6-8-4/h2-3,7H,1H2. The Balaban J connectivity index is 2.77. The minimum absolute atomic E-state index is 0.0231. The zero-order valence-electron chi connectivity index (χ0n) is 4.11. The molecule has 0 aliphatic carbocycles. The van der Waals surface area contributed by atoms with Gasteiger partial charge in [-0.15, -0.1) is 5.10 Å². The molecule has 0 aromatic carbocycles. The smallest absolute Gasteiger partial charge is 0.0664 e. The molecule has 1 aromatic rings. The molecule has 43 valence electrons. The third kappa shape index (κ3) is 1.20. The quantitative estimate of drug-likeness (QED) is 0.603. The van der Waals surface area contributed by atoms with Gasteiger partial charge in [0.15, 0.2) is 0 Å². The normalized spacial score (nSPS) is 13.8. The molecule has 2 nitrogen and oxygen atoms in total. The lowest BCUT2D eigenvalue weighted by Gasteiger charge is -1.91. The van der Waals surface area contributed by atoms with Crippen molar-refractivity contribution in [2.45, 2.75) is 5.25 Å². The number of nitrogens with zero attached hydrogens (tertiary/aromatic N) is 2. The first-order chi connectivity index (χ1) is 3.80. The Morgan fingerprint density at radius 2 is 2.62 bits per heavy atom. The first-order valence-electron chi connectivity index (χ1n) is 2.09. The Hall–Kier alpha value is -0.0900. The maximum atomic E-state index is 4.07. The van der Waals surface area contributed by atoms with Gasteiger partial charge in [-0.05, 0) is 18.5 Å². The number of rotatable bonds is 1. The fraction of sp³-hybridized carbons (Fsp3) is 0.250. The lowest BCUT2D eigenvalue weighted by atomic mass is 10.4. The van der Waals surface area contributed by atoms with E-state index in [4.69, 9.17) is 0 Å². The second kappa shape index (κ2) is 2.46. The predicted molar refractivity (Wildman–Crippen MR) is 37.0 cm³/mol. The lowest BCUT2D eigenvalue weighted by Crippen LogP contribution is -1.74. The molecule has 1 rings (SSSR count). The van der Waals surface area contributed by atoms with Crippen molar-refractivity contribution < 1.29 is 0 Å². The van der Waals surface area contributed by atoms with Crippen molar-refractivity contribution in [2.75, 3.05) is 0 Å². The van der Waals surface area contributed by atoms with Crippen molar-refractivity contribution in [2.24, 2.45) is 0 Å². The van der Waals surface area contributed by atoms with Gasteiger partial charge in [-0.2, -0.15) is 12.6 Å². The molecule has 0 fully saturated rings. The zero-order valence-corrected chi connectivity index (χ0v) is 5.82. The highest BCUT2D eigenvalue weighted by Gasteiger charge is 1.99. The van der Waals surface area contributed by atoms with Crippen LogP contribution in [0.25, 0.3) is 0 Å². The van der Waals surface area contributed by atoms with Gasteiger partial charge in [0, 0.05) is 5.25 Å². The highest BCUT2D eigenvalue weighted by atomic mass is 32.1. The summed E-state index contributed by atoms with van der Waals surface area (Å²) in [7, 11) is 0.